The van der Waals surface area contributed by atoms with Gasteiger partial charge in [0.1, 0.15) is 11.9 Å². The number of aromatic nitrogens is 2. The second-order valence-electron chi connectivity index (χ2n) is 6.31. The molecule has 6 heteroatoms. The summed E-state index contributed by atoms with van der Waals surface area (Å²) < 4.78 is 0. The number of carbonyl (C=O) groups excluding carboxylic acids is 1. The summed E-state index contributed by atoms with van der Waals surface area (Å²) >= 11 is 0. The van der Waals surface area contributed by atoms with Crippen molar-refractivity contribution in [2.24, 2.45) is 0 Å². The molecule has 0 spiro atoms. The monoisotopic (exact) mass is 323 g/mol. The fourth-order valence-corrected chi connectivity index (χ4v) is 3.19. The van der Waals surface area contributed by atoms with Gasteiger partial charge in [0.15, 0.2) is 0 Å². The maximum atomic E-state index is 12.5. The molecule has 1 atom stereocenters. The average molecular weight is 323 g/mol. The summed E-state index contributed by atoms with van der Waals surface area (Å²) in [6.45, 7) is 1.35. The zero-order valence-electron chi connectivity index (χ0n) is 13.5. The van der Waals surface area contributed by atoms with Crippen LogP contribution < -0.4 is 15.5 Å². The van der Waals surface area contributed by atoms with Gasteiger partial charge in [-0.1, -0.05) is 30.3 Å². The summed E-state index contributed by atoms with van der Waals surface area (Å²) in [6.07, 6.45) is 5.37. The number of benzene rings is 1. The normalized spacial score (nSPS) is 21.1. The van der Waals surface area contributed by atoms with Crippen molar-refractivity contribution >= 4 is 17.7 Å². The Labute approximate surface area is 141 Å². The summed E-state index contributed by atoms with van der Waals surface area (Å²) in [5.74, 6) is 1.45. The van der Waals surface area contributed by atoms with Crippen LogP contribution in [0.3, 0.4) is 0 Å². The fourth-order valence-electron chi connectivity index (χ4n) is 3.19. The van der Waals surface area contributed by atoms with Gasteiger partial charge in [0, 0.05) is 25.3 Å². The van der Waals surface area contributed by atoms with Crippen LogP contribution in [0.2, 0.25) is 0 Å². The van der Waals surface area contributed by atoms with Gasteiger partial charge in [0.2, 0.25) is 11.9 Å². The van der Waals surface area contributed by atoms with Crippen LogP contribution >= 0.6 is 0 Å². The van der Waals surface area contributed by atoms with Crippen LogP contribution in [-0.2, 0) is 4.79 Å². The van der Waals surface area contributed by atoms with Gasteiger partial charge in [0.05, 0.1) is 0 Å². The molecule has 1 aromatic heterocycles. The Bertz CT molecular complexity index is 716. The molecule has 1 saturated heterocycles. The van der Waals surface area contributed by atoms with Crippen LogP contribution in [-0.4, -0.2) is 35.0 Å². The van der Waals surface area contributed by atoms with Gasteiger partial charge in [0.25, 0.3) is 0 Å². The molecule has 2 fully saturated rings. The third-order valence-electron chi connectivity index (χ3n) is 4.70. The third kappa shape index (κ3) is 2.91. The Morgan fingerprint density at radius 1 is 1.17 bits per heavy atom. The van der Waals surface area contributed by atoms with E-state index in [-0.39, 0.29) is 11.9 Å². The molecule has 124 valence electrons. The second-order valence-corrected chi connectivity index (χ2v) is 6.31. The molecular weight excluding hydrogens is 302 g/mol. The molecule has 4 rings (SSSR count). The van der Waals surface area contributed by atoms with Gasteiger partial charge < -0.3 is 15.5 Å². The number of nitrogens with zero attached hydrogens (tertiary/aromatic N) is 3. The van der Waals surface area contributed by atoms with Crippen molar-refractivity contribution in [3.05, 3.63) is 48.2 Å². The van der Waals surface area contributed by atoms with Crippen LogP contribution in [0.15, 0.2) is 42.6 Å². The molecule has 2 aliphatic rings. The number of rotatable bonds is 4. The lowest BCUT2D eigenvalue weighted by Crippen LogP contribution is -2.50. The van der Waals surface area contributed by atoms with Crippen molar-refractivity contribution < 1.29 is 4.79 Å². The lowest BCUT2D eigenvalue weighted by atomic mass is 9.93. The van der Waals surface area contributed by atoms with E-state index in [1.807, 2.05) is 36.4 Å². The van der Waals surface area contributed by atoms with Gasteiger partial charge in [-0.25, -0.2) is 4.98 Å². The topological polar surface area (TPSA) is 70.2 Å². The highest BCUT2D eigenvalue weighted by Gasteiger charge is 2.32. The number of hydrogen-bond donors (Lipinski definition) is 2. The molecular formula is C18H21N5O. The van der Waals surface area contributed by atoms with Gasteiger partial charge in [-0.3, -0.25) is 4.79 Å². The van der Waals surface area contributed by atoms with Crippen molar-refractivity contribution in [2.45, 2.75) is 31.3 Å². The number of nitrogens with one attached hydrogen (secondary N) is 2. The Morgan fingerprint density at radius 3 is 2.75 bits per heavy atom. The molecule has 1 aliphatic heterocycles. The number of amides is 1. The van der Waals surface area contributed by atoms with Gasteiger partial charge >= 0.3 is 0 Å². The molecule has 2 heterocycles. The van der Waals surface area contributed by atoms with Gasteiger partial charge in [-0.2, -0.15) is 4.98 Å². The maximum absolute atomic E-state index is 12.5. The fraction of sp³-hybridized carbons (Fsp3) is 0.389. The largest absolute Gasteiger partial charge is 0.352 e. The predicted octanol–water partition coefficient (Wildman–Crippen LogP) is 2.12. The Hall–Kier alpha value is -2.63. The van der Waals surface area contributed by atoms with Crippen LogP contribution in [0.25, 0.3) is 0 Å². The highest BCUT2D eigenvalue weighted by molar-refractivity contribution is 5.87. The van der Waals surface area contributed by atoms with E-state index in [4.69, 9.17) is 0 Å². The number of anilines is 2. The standard InChI is InChI=1S/C18H21N5O/c24-17-16(13-5-2-1-3-6-13)23(12-11-19-17)15-9-10-20-18(22-15)21-14-7-4-8-14/h1-3,5-6,9-10,14,16H,4,7-8,11-12H2,(H,19,24)(H,20,21,22). The van der Waals surface area contributed by atoms with Crippen LogP contribution in [0, 0.1) is 0 Å². The zero-order chi connectivity index (χ0) is 16.4. The molecule has 1 aromatic carbocycles. The smallest absolute Gasteiger partial charge is 0.247 e. The molecule has 0 radical (unpaired) electrons. The maximum Gasteiger partial charge on any atom is 0.247 e. The van der Waals surface area contributed by atoms with Crippen molar-refractivity contribution in [1.29, 1.82) is 0 Å². The number of hydrogen-bond acceptors (Lipinski definition) is 5. The minimum atomic E-state index is -0.355. The molecule has 2 aromatic rings. The molecule has 1 amide bonds. The van der Waals surface area contributed by atoms with Crippen LogP contribution in [0.1, 0.15) is 30.9 Å². The van der Waals surface area contributed by atoms with Crippen LogP contribution in [0.5, 0.6) is 0 Å². The highest BCUT2D eigenvalue weighted by Crippen LogP contribution is 2.29. The van der Waals surface area contributed by atoms with E-state index in [1.165, 1.54) is 19.3 Å². The summed E-state index contributed by atoms with van der Waals surface area (Å²) in [6, 6.07) is 11.8. The molecule has 2 N–H and O–H groups in total. The molecule has 24 heavy (non-hydrogen) atoms. The Morgan fingerprint density at radius 2 is 2.00 bits per heavy atom. The van der Waals surface area contributed by atoms with E-state index in [2.05, 4.69) is 25.5 Å². The van der Waals surface area contributed by atoms with E-state index in [0.29, 0.717) is 18.5 Å². The van der Waals surface area contributed by atoms with Gasteiger partial charge in [-0.05, 0) is 30.9 Å². The first kappa shape index (κ1) is 14.9. The Kier molecular flexibility index (Phi) is 4.02. The molecule has 1 aliphatic carbocycles. The lowest BCUT2D eigenvalue weighted by Gasteiger charge is -2.36. The summed E-state index contributed by atoms with van der Waals surface area (Å²) in [5.41, 5.74) is 0.974. The van der Waals surface area contributed by atoms with Gasteiger partial charge in [-0.15, -0.1) is 0 Å². The quantitative estimate of drug-likeness (QED) is 0.902. The second kappa shape index (κ2) is 6.47. The van der Waals surface area contributed by atoms with Crippen molar-refractivity contribution in [1.82, 2.24) is 15.3 Å². The summed E-state index contributed by atoms with van der Waals surface area (Å²) in [7, 11) is 0. The highest BCUT2D eigenvalue weighted by atomic mass is 16.2. The minimum absolute atomic E-state index is 0.0135. The van der Waals surface area contributed by atoms with E-state index in [1.54, 1.807) is 6.20 Å². The molecule has 6 nitrogen and oxygen atoms in total. The molecule has 1 unspecified atom stereocenters. The average Bonchev–Trinajstić information content (AvgIpc) is 2.59. The number of piperazine rings is 1. The molecule has 0 bridgehead atoms. The third-order valence-corrected chi connectivity index (χ3v) is 4.70. The zero-order valence-corrected chi connectivity index (χ0v) is 13.5. The molecule has 1 saturated carbocycles. The SMILES string of the molecule is O=C1NCCN(c2ccnc(NC3CCC3)n2)C1c1ccccc1. The van der Waals surface area contributed by atoms with Crippen molar-refractivity contribution in [3.8, 4) is 0 Å². The lowest BCUT2D eigenvalue weighted by molar-refractivity contribution is -0.123. The predicted molar refractivity (Wildman–Crippen MR) is 92.8 cm³/mol. The summed E-state index contributed by atoms with van der Waals surface area (Å²) in [5, 5.41) is 6.33. The minimum Gasteiger partial charge on any atom is -0.352 e. The first-order valence-electron chi connectivity index (χ1n) is 8.50. The first-order valence-corrected chi connectivity index (χ1v) is 8.50. The van der Waals surface area contributed by atoms with E-state index < -0.39 is 0 Å². The van der Waals surface area contributed by atoms with E-state index in [9.17, 15) is 4.79 Å². The van der Waals surface area contributed by atoms with Crippen molar-refractivity contribution in [2.75, 3.05) is 23.3 Å². The van der Waals surface area contributed by atoms with E-state index >= 15 is 0 Å². The first-order chi connectivity index (χ1) is 11.8. The Balaban J connectivity index is 1.62. The van der Waals surface area contributed by atoms with Crippen LogP contribution in [0.4, 0.5) is 11.8 Å². The van der Waals surface area contributed by atoms with E-state index in [0.717, 1.165) is 17.9 Å². The van der Waals surface area contributed by atoms with Crippen molar-refractivity contribution in [3.63, 3.8) is 0 Å². The number of carbonyl (C=O) groups is 1. The summed E-state index contributed by atoms with van der Waals surface area (Å²) in [4.78, 5) is 23.5.